The van der Waals surface area contributed by atoms with Gasteiger partial charge in [0.25, 0.3) is 0 Å². The van der Waals surface area contributed by atoms with E-state index in [-0.39, 0.29) is 0 Å². The lowest BCUT2D eigenvalue weighted by atomic mass is 10.1. The smallest absolute Gasteiger partial charge is 0.212 e. The predicted octanol–water partition coefficient (Wildman–Crippen LogP) is 1.58. The van der Waals surface area contributed by atoms with Gasteiger partial charge in [-0.1, -0.05) is 0 Å². The highest BCUT2D eigenvalue weighted by atomic mass is 16.1. The summed E-state index contributed by atoms with van der Waals surface area (Å²) < 4.78 is 0. The second-order valence-electron chi connectivity index (χ2n) is 5.15. The van der Waals surface area contributed by atoms with Crippen molar-refractivity contribution in [2.75, 3.05) is 11.1 Å². The molecule has 21 heavy (non-hydrogen) atoms. The first kappa shape index (κ1) is 13.4. The molecule has 7 heteroatoms. The topological polar surface area (TPSA) is 107 Å². The van der Waals surface area contributed by atoms with Gasteiger partial charge < -0.3 is 11.1 Å². The third kappa shape index (κ3) is 2.42. The molecule has 0 aromatic carbocycles. The van der Waals surface area contributed by atoms with Crippen LogP contribution in [0.25, 0.3) is 11.4 Å². The Labute approximate surface area is 122 Å². The van der Waals surface area contributed by atoms with Gasteiger partial charge in [-0.15, -0.1) is 0 Å². The molecule has 7 nitrogen and oxygen atoms in total. The molecule has 0 aliphatic heterocycles. The van der Waals surface area contributed by atoms with Gasteiger partial charge in [-0.25, -0.2) is 19.9 Å². The molecular weight excluding hydrogens is 268 g/mol. The van der Waals surface area contributed by atoms with Crippen LogP contribution in [0.2, 0.25) is 0 Å². The first-order chi connectivity index (χ1) is 10.1. The predicted molar refractivity (Wildman–Crippen MR) is 78.6 cm³/mol. The van der Waals surface area contributed by atoms with Gasteiger partial charge in [-0.05, 0) is 26.7 Å². The van der Waals surface area contributed by atoms with E-state index in [1.165, 1.54) is 0 Å². The van der Waals surface area contributed by atoms with Crippen LogP contribution in [-0.2, 0) is 4.79 Å². The number of nitrogens with zero attached hydrogens (tertiary/aromatic N) is 4. The Balaban J connectivity index is 2.19. The molecule has 0 bridgehead atoms. The first-order valence-electron chi connectivity index (χ1n) is 6.78. The van der Waals surface area contributed by atoms with Crippen molar-refractivity contribution >= 4 is 17.9 Å². The van der Waals surface area contributed by atoms with Gasteiger partial charge in [0.2, 0.25) is 6.41 Å². The number of amides is 1. The fourth-order valence-corrected chi connectivity index (χ4v) is 2.29. The number of hydrogen-bond donors (Lipinski definition) is 2. The van der Waals surface area contributed by atoms with E-state index in [2.05, 4.69) is 25.3 Å². The summed E-state index contributed by atoms with van der Waals surface area (Å²) in [5.74, 6) is 1.27. The van der Waals surface area contributed by atoms with Gasteiger partial charge in [0.05, 0.1) is 28.3 Å². The first-order valence-corrected chi connectivity index (χ1v) is 6.78. The van der Waals surface area contributed by atoms with Crippen molar-refractivity contribution < 1.29 is 4.79 Å². The van der Waals surface area contributed by atoms with Crippen LogP contribution in [0.1, 0.15) is 35.8 Å². The Kier molecular flexibility index (Phi) is 3.25. The summed E-state index contributed by atoms with van der Waals surface area (Å²) in [6.07, 6.45) is 4.37. The second-order valence-corrected chi connectivity index (χ2v) is 5.15. The fraction of sp³-hybridized carbons (Fsp3) is 0.357. The Morgan fingerprint density at radius 3 is 2.67 bits per heavy atom. The minimum Gasteiger partial charge on any atom is -0.394 e. The SMILES string of the molecule is Cc1nc(-c2c(C)ncnc2C2CC2)nc(NC=O)c1N. The van der Waals surface area contributed by atoms with Crippen molar-refractivity contribution in [2.45, 2.75) is 32.6 Å². The van der Waals surface area contributed by atoms with Crippen molar-refractivity contribution in [1.82, 2.24) is 19.9 Å². The van der Waals surface area contributed by atoms with Gasteiger partial charge in [-0.3, -0.25) is 4.79 Å². The third-order valence-electron chi connectivity index (χ3n) is 3.59. The Morgan fingerprint density at radius 2 is 2.00 bits per heavy atom. The van der Waals surface area contributed by atoms with Crippen LogP contribution in [0.15, 0.2) is 6.33 Å². The molecule has 1 fully saturated rings. The zero-order valence-electron chi connectivity index (χ0n) is 11.9. The highest BCUT2D eigenvalue weighted by molar-refractivity contribution is 5.79. The van der Waals surface area contributed by atoms with Crippen LogP contribution < -0.4 is 11.1 Å². The molecule has 0 unspecified atom stereocenters. The summed E-state index contributed by atoms with van der Waals surface area (Å²) >= 11 is 0. The third-order valence-corrected chi connectivity index (χ3v) is 3.59. The van der Waals surface area contributed by atoms with Gasteiger partial charge in [0.15, 0.2) is 11.6 Å². The number of nitrogens with two attached hydrogens (primary N) is 1. The summed E-state index contributed by atoms with van der Waals surface area (Å²) in [6.45, 7) is 3.69. The number of nitrogens with one attached hydrogen (secondary N) is 1. The zero-order chi connectivity index (χ0) is 15.0. The maximum atomic E-state index is 10.7. The minimum atomic E-state index is 0.317. The molecule has 1 aliphatic carbocycles. The summed E-state index contributed by atoms with van der Waals surface area (Å²) in [7, 11) is 0. The van der Waals surface area contributed by atoms with Crippen molar-refractivity contribution in [3.8, 4) is 11.4 Å². The molecule has 108 valence electrons. The normalized spacial score (nSPS) is 14.0. The Hall–Kier alpha value is -2.57. The van der Waals surface area contributed by atoms with Crippen molar-refractivity contribution in [1.29, 1.82) is 0 Å². The van der Waals surface area contributed by atoms with E-state index in [1.807, 2.05) is 6.92 Å². The quantitative estimate of drug-likeness (QED) is 0.825. The monoisotopic (exact) mass is 284 g/mol. The molecule has 1 amide bonds. The number of carbonyl (C=O) groups excluding carboxylic acids is 1. The largest absolute Gasteiger partial charge is 0.394 e. The number of carbonyl (C=O) groups is 1. The molecule has 0 saturated heterocycles. The molecule has 1 aliphatic rings. The van der Waals surface area contributed by atoms with E-state index in [4.69, 9.17) is 5.73 Å². The van der Waals surface area contributed by atoms with Crippen molar-refractivity contribution in [3.05, 3.63) is 23.4 Å². The molecule has 2 heterocycles. The lowest BCUT2D eigenvalue weighted by Crippen LogP contribution is -2.09. The van der Waals surface area contributed by atoms with Crippen LogP contribution >= 0.6 is 0 Å². The molecule has 1 saturated carbocycles. The van der Waals surface area contributed by atoms with Crippen molar-refractivity contribution in [2.24, 2.45) is 0 Å². The second kappa shape index (κ2) is 5.08. The van der Waals surface area contributed by atoms with E-state index >= 15 is 0 Å². The molecule has 0 radical (unpaired) electrons. The molecule has 3 rings (SSSR count). The van der Waals surface area contributed by atoms with E-state index in [0.29, 0.717) is 35.4 Å². The highest BCUT2D eigenvalue weighted by Crippen LogP contribution is 2.43. The van der Waals surface area contributed by atoms with Gasteiger partial charge in [0.1, 0.15) is 6.33 Å². The van der Waals surface area contributed by atoms with Crippen LogP contribution in [0, 0.1) is 13.8 Å². The Morgan fingerprint density at radius 1 is 1.24 bits per heavy atom. The minimum absolute atomic E-state index is 0.317. The number of anilines is 2. The molecule has 2 aromatic heterocycles. The van der Waals surface area contributed by atoms with Gasteiger partial charge >= 0.3 is 0 Å². The van der Waals surface area contributed by atoms with E-state index in [9.17, 15) is 4.79 Å². The standard InChI is InChI=1S/C14H16N6O/c1-7-10(12(9-3-4-9)17-5-16-7)13-19-8(2)11(15)14(20-13)18-6-21/h5-6,9H,3-4,15H2,1-2H3,(H,18,19,20,21). The molecule has 3 N–H and O–H groups in total. The number of aryl methyl sites for hydroxylation is 2. The number of aromatic nitrogens is 4. The van der Waals surface area contributed by atoms with Crippen LogP contribution in [0.4, 0.5) is 11.5 Å². The average molecular weight is 284 g/mol. The summed E-state index contributed by atoms with van der Waals surface area (Å²) in [4.78, 5) is 28.1. The van der Waals surface area contributed by atoms with Crippen LogP contribution in [0.3, 0.4) is 0 Å². The number of rotatable bonds is 4. The van der Waals surface area contributed by atoms with Gasteiger partial charge in [-0.2, -0.15) is 0 Å². The Bertz CT molecular complexity index is 711. The van der Waals surface area contributed by atoms with Crippen molar-refractivity contribution in [3.63, 3.8) is 0 Å². The highest BCUT2D eigenvalue weighted by Gasteiger charge is 2.30. The maximum absolute atomic E-state index is 10.7. The fourth-order valence-electron chi connectivity index (χ4n) is 2.29. The zero-order valence-corrected chi connectivity index (χ0v) is 11.9. The lowest BCUT2D eigenvalue weighted by Gasteiger charge is -2.12. The van der Waals surface area contributed by atoms with Crippen LogP contribution in [-0.4, -0.2) is 26.3 Å². The molecule has 2 aromatic rings. The summed E-state index contributed by atoms with van der Waals surface area (Å²) in [5, 5.41) is 2.51. The van der Waals surface area contributed by atoms with E-state index < -0.39 is 0 Å². The van der Waals surface area contributed by atoms with E-state index in [1.54, 1.807) is 13.3 Å². The number of hydrogen-bond acceptors (Lipinski definition) is 6. The lowest BCUT2D eigenvalue weighted by molar-refractivity contribution is -0.105. The van der Waals surface area contributed by atoms with Crippen LogP contribution in [0.5, 0.6) is 0 Å². The molecule has 0 atom stereocenters. The number of nitrogen functional groups attached to an aromatic ring is 1. The summed E-state index contributed by atoms with van der Waals surface area (Å²) in [5.41, 5.74) is 9.52. The maximum Gasteiger partial charge on any atom is 0.212 e. The van der Waals surface area contributed by atoms with E-state index in [0.717, 1.165) is 29.8 Å². The molecular formula is C14H16N6O. The molecule has 0 spiro atoms. The van der Waals surface area contributed by atoms with Gasteiger partial charge in [0, 0.05) is 5.92 Å². The summed E-state index contributed by atoms with van der Waals surface area (Å²) in [6, 6.07) is 0. The average Bonchev–Trinajstić information content (AvgIpc) is 3.28.